The van der Waals surface area contributed by atoms with Gasteiger partial charge in [0, 0.05) is 6.54 Å². The molecule has 0 saturated carbocycles. The number of nitrogens with zero attached hydrogens (tertiary/aromatic N) is 1. The Morgan fingerprint density at radius 3 is 2.90 bits per heavy atom. The topological polar surface area (TPSA) is 55.6 Å². The zero-order chi connectivity index (χ0) is 14.7. The Bertz CT molecular complexity index is 479. The summed E-state index contributed by atoms with van der Waals surface area (Å²) in [6, 6.07) is 5.80. The quantitative estimate of drug-likeness (QED) is 0.917. The van der Waals surface area contributed by atoms with Gasteiger partial charge in [-0.3, -0.25) is 4.79 Å². The molecule has 0 bridgehead atoms. The number of rotatable bonds is 3. The molecule has 0 aromatic heterocycles. The molecule has 4 nitrogen and oxygen atoms in total. The van der Waals surface area contributed by atoms with Crippen LogP contribution in [-0.4, -0.2) is 36.5 Å². The van der Waals surface area contributed by atoms with E-state index in [1.165, 1.54) is 12.1 Å². The Labute approximate surface area is 118 Å². The van der Waals surface area contributed by atoms with Crippen LogP contribution in [0.25, 0.3) is 0 Å². The standard InChI is InChI=1S/C15H21FN2O2/c1-10(2)14(17)15(19)18-6-7-20-13(9-18)11-4-3-5-12(16)8-11/h3-5,8,10,13-14H,6-7,9,17H2,1-2H3/t13?,14-/m0/s1. The third-order valence-electron chi connectivity index (χ3n) is 3.60. The molecule has 1 amide bonds. The monoisotopic (exact) mass is 280 g/mol. The molecule has 1 unspecified atom stereocenters. The lowest BCUT2D eigenvalue weighted by Gasteiger charge is -2.35. The predicted octanol–water partition coefficient (Wildman–Crippen LogP) is 1.71. The SMILES string of the molecule is CC(C)[C@H](N)C(=O)N1CCOC(c2cccc(F)c2)C1. The summed E-state index contributed by atoms with van der Waals surface area (Å²) in [6.07, 6.45) is -0.289. The van der Waals surface area contributed by atoms with Gasteiger partial charge in [-0.25, -0.2) is 4.39 Å². The van der Waals surface area contributed by atoms with Gasteiger partial charge >= 0.3 is 0 Å². The molecule has 0 aliphatic carbocycles. The zero-order valence-corrected chi connectivity index (χ0v) is 11.9. The van der Waals surface area contributed by atoms with E-state index in [9.17, 15) is 9.18 Å². The summed E-state index contributed by atoms with van der Waals surface area (Å²) in [5.74, 6) is -0.268. The summed E-state index contributed by atoms with van der Waals surface area (Å²) in [5.41, 5.74) is 6.66. The van der Waals surface area contributed by atoms with Crippen LogP contribution in [0.3, 0.4) is 0 Å². The number of ether oxygens (including phenoxy) is 1. The van der Waals surface area contributed by atoms with Gasteiger partial charge in [0.25, 0.3) is 0 Å². The van der Waals surface area contributed by atoms with Crippen LogP contribution in [0.15, 0.2) is 24.3 Å². The van der Waals surface area contributed by atoms with Crippen molar-refractivity contribution in [1.29, 1.82) is 0 Å². The summed E-state index contributed by atoms with van der Waals surface area (Å²) in [5, 5.41) is 0. The first-order valence-corrected chi connectivity index (χ1v) is 6.90. The van der Waals surface area contributed by atoms with Gasteiger partial charge in [-0.2, -0.15) is 0 Å². The van der Waals surface area contributed by atoms with E-state index >= 15 is 0 Å². The predicted molar refractivity (Wildman–Crippen MR) is 74.5 cm³/mol. The fourth-order valence-corrected chi connectivity index (χ4v) is 2.25. The van der Waals surface area contributed by atoms with Crippen LogP contribution in [0.5, 0.6) is 0 Å². The summed E-state index contributed by atoms with van der Waals surface area (Å²) in [4.78, 5) is 14.0. The number of morpholine rings is 1. The summed E-state index contributed by atoms with van der Waals surface area (Å²) < 4.78 is 18.9. The summed E-state index contributed by atoms with van der Waals surface area (Å²) >= 11 is 0. The van der Waals surface area contributed by atoms with E-state index in [0.29, 0.717) is 19.7 Å². The molecule has 2 atom stereocenters. The first-order chi connectivity index (χ1) is 9.49. The van der Waals surface area contributed by atoms with Crippen LogP contribution in [0.1, 0.15) is 25.5 Å². The first kappa shape index (κ1) is 14.9. The molecule has 2 rings (SSSR count). The summed E-state index contributed by atoms with van der Waals surface area (Å²) in [7, 11) is 0. The maximum atomic E-state index is 13.3. The van der Waals surface area contributed by atoms with Crippen molar-refractivity contribution in [3.63, 3.8) is 0 Å². The summed E-state index contributed by atoms with van der Waals surface area (Å²) in [6.45, 7) is 5.24. The highest BCUT2D eigenvalue weighted by molar-refractivity contribution is 5.82. The fraction of sp³-hybridized carbons (Fsp3) is 0.533. The molecule has 20 heavy (non-hydrogen) atoms. The van der Waals surface area contributed by atoms with E-state index in [1.54, 1.807) is 11.0 Å². The largest absolute Gasteiger partial charge is 0.370 e. The van der Waals surface area contributed by atoms with Crippen molar-refractivity contribution in [2.45, 2.75) is 26.0 Å². The maximum absolute atomic E-state index is 13.3. The van der Waals surface area contributed by atoms with E-state index in [0.717, 1.165) is 5.56 Å². The molecule has 1 aliphatic heterocycles. The highest BCUT2D eigenvalue weighted by atomic mass is 19.1. The minimum atomic E-state index is -0.499. The number of carbonyl (C=O) groups is 1. The van der Waals surface area contributed by atoms with Crippen LogP contribution in [0.2, 0.25) is 0 Å². The maximum Gasteiger partial charge on any atom is 0.239 e. The molecule has 1 heterocycles. The van der Waals surface area contributed by atoms with Crippen molar-refractivity contribution in [3.8, 4) is 0 Å². The average Bonchev–Trinajstić information content (AvgIpc) is 2.45. The lowest BCUT2D eigenvalue weighted by atomic mass is 10.0. The molecule has 0 spiro atoms. The van der Waals surface area contributed by atoms with Gasteiger partial charge in [0.1, 0.15) is 11.9 Å². The van der Waals surface area contributed by atoms with Crippen LogP contribution in [-0.2, 0) is 9.53 Å². The van der Waals surface area contributed by atoms with Crippen LogP contribution in [0, 0.1) is 11.7 Å². The van der Waals surface area contributed by atoms with Gasteiger partial charge in [0.2, 0.25) is 5.91 Å². The molecule has 2 N–H and O–H groups in total. The molecule has 1 aliphatic rings. The lowest BCUT2D eigenvalue weighted by Crippen LogP contribution is -2.51. The van der Waals surface area contributed by atoms with E-state index in [4.69, 9.17) is 10.5 Å². The first-order valence-electron chi connectivity index (χ1n) is 6.90. The molecule has 1 aromatic carbocycles. The molecule has 1 fully saturated rings. The van der Waals surface area contributed by atoms with Gasteiger partial charge < -0.3 is 15.4 Å². The molecule has 5 heteroatoms. The number of amides is 1. The van der Waals surface area contributed by atoms with E-state index < -0.39 is 6.04 Å². The third-order valence-corrected chi connectivity index (χ3v) is 3.60. The molecule has 110 valence electrons. The highest BCUT2D eigenvalue weighted by Crippen LogP contribution is 2.23. The Morgan fingerprint density at radius 1 is 1.50 bits per heavy atom. The van der Waals surface area contributed by atoms with E-state index in [2.05, 4.69) is 0 Å². The highest BCUT2D eigenvalue weighted by Gasteiger charge is 2.29. The second-order valence-corrected chi connectivity index (χ2v) is 5.47. The van der Waals surface area contributed by atoms with Gasteiger partial charge in [0.15, 0.2) is 0 Å². The van der Waals surface area contributed by atoms with E-state index in [-0.39, 0.29) is 23.7 Å². The van der Waals surface area contributed by atoms with Crippen LogP contribution < -0.4 is 5.73 Å². The Balaban J connectivity index is 2.07. The minimum absolute atomic E-state index is 0.0651. The van der Waals surface area contributed by atoms with Gasteiger partial charge in [-0.05, 0) is 23.6 Å². The van der Waals surface area contributed by atoms with Gasteiger partial charge in [-0.15, -0.1) is 0 Å². The molecule has 1 aromatic rings. The molecular weight excluding hydrogens is 259 g/mol. The number of benzene rings is 1. The minimum Gasteiger partial charge on any atom is -0.370 e. The van der Waals surface area contributed by atoms with Crippen molar-refractivity contribution < 1.29 is 13.9 Å². The Kier molecular flexibility index (Phi) is 4.73. The van der Waals surface area contributed by atoms with Crippen LogP contribution in [0.4, 0.5) is 4.39 Å². The zero-order valence-electron chi connectivity index (χ0n) is 11.9. The molecular formula is C15H21FN2O2. The smallest absolute Gasteiger partial charge is 0.239 e. The number of halogens is 1. The normalized spacial score (nSPS) is 21.1. The lowest BCUT2D eigenvalue weighted by molar-refractivity contribution is -0.141. The van der Waals surface area contributed by atoms with Crippen molar-refractivity contribution in [2.75, 3.05) is 19.7 Å². The van der Waals surface area contributed by atoms with Crippen molar-refractivity contribution in [3.05, 3.63) is 35.6 Å². The van der Waals surface area contributed by atoms with Crippen molar-refractivity contribution in [1.82, 2.24) is 4.90 Å². The van der Waals surface area contributed by atoms with Gasteiger partial charge in [0.05, 0.1) is 19.2 Å². The number of hydrogen-bond acceptors (Lipinski definition) is 3. The fourth-order valence-electron chi connectivity index (χ4n) is 2.25. The molecule has 1 saturated heterocycles. The van der Waals surface area contributed by atoms with Gasteiger partial charge in [-0.1, -0.05) is 26.0 Å². The van der Waals surface area contributed by atoms with Crippen molar-refractivity contribution >= 4 is 5.91 Å². The number of hydrogen-bond donors (Lipinski definition) is 1. The van der Waals surface area contributed by atoms with Crippen LogP contribution >= 0.6 is 0 Å². The number of nitrogens with two attached hydrogens (primary N) is 1. The van der Waals surface area contributed by atoms with E-state index in [1.807, 2.05) is 19.9 Å². The second kappa shape index (κ2) is 6.33. The Hall–Kier alpha value is -1.46. The molecule has 0 radical (unpaired) electrons. The average molecular weight is 280 g/mol. The number of carbonyl (C=O) groups excluding carboxylic acids is 1. The third kappa shape index (κ3) is 3.35. The Morgan fingerprint density at radius 2 is 2.25 bits per heavy atom. The van der Waals surface area contributed by atoms with Crippen molar-refractivity contribution in [2.24, 2.45) is 11.7 Å². The second-order valence-electron chi connectivity index (χ2n) is 5.47.